The smallest absolute Gasteiger partial charge is 0.186 e. The molecular weight excluding hydrogens is 300 g/mol. The first kappa shape index (κ1) is 12.9. The summed E-state index contributed by atoms with van der Waals surface area (Å²) in [5.41, 5.74) is 1.01. The zero-order valence-corrected chi connectivity index (χ0v) is 12.6. The Morgan fingerprint density at radius 1 is 1.37 bits per heavy atom. The SMILES string of the molecule is CCSCc1nnc2sc(-c3cccc(Cl)c3)nn12. The molecule has 2 heterocycles. The highest BCUT2D eigenvalue weighted by Crippen LogP contribution is 2.27. The van der Waals surface area contributed by atoms with Gasteiger partial charge in [-0.25, -0.2) is 0 Å². The molecule has 7 heteroatoms. The van der Waals surface area contributed by atoms with Crippen LogP contribution in [0.1, 0.15) is 12.7 Å². The van der Waals surface area contributed by atoms with Gasteiger partial charge in [-0.1, -0.05) is 42.0 Å². The monoisotopic (exact) mass is 310 g/mol. The molecule has 3 aromatic rings. The largest absolute Gasteiger partial charge is 0.235 e. The molecular formula is C12H11ClN4S2. The third kappa shape index (κ3) is 2.61. The molecule has 98 valence electrons. The van der Waals surface area contributed by atoms with Crippen molar-refractivity contribution in [2.45, 2.75) is 12.7 Å². The van der Waals surface area contributed by atoms with Crippen molar-refractivity contribution in [2.75, 3.05) is 5.75 Å². The molecule has 1 aromatic carbocycles. The molecule has 0 atom stereocenters. The third-order valence-electron chi connectivity index (χ3n) is 2.56. The summed E-state index contributed by atoms with van der Waals surface area (Å²) < 4.78 is 1.82. The molecule has 0 amide bonds. The van der Waals surface area contributed by atoms with E-state index in [0.29, 0.717) is 5.02 Å². The van der Waals surface area contributed by atoms with Gasteiger partial charge in [0.25, 0.3) is 0 Å². The molecule has 0 N–H and O–H groups in total. The van der Waals surface area contributed by atoms with Gasteiger partial charge in [0.1, 0.15) is 5.01 Å². The molecule has 0 aliphatic rings. The lowest BCUT2D eigenvalue weighted by atomic mass is 10.2. The van der Waals surface area contributed by atoms with Gasteiger partial charge in [0.2, 0.25) is 4.96 Å². The van der Waals surface area contributed by atoms with Crippen molar-refractivity contribution in [3.8, 4) is 10.6 Å². The van der Waals surface area contributed by atoms with Gasteiger partial charge in [0.05, 0.1) is 5.75 Å². The first-order valence-corrected chi connectivity index (χ1v) is 8.17. The predicted molar refractivity (Wildman–Crippen MR) is 80.9 cm³/mol. The lowest BCUT2D eigenvalue weighted by molar-refractivity contribution is 0.887. The Morgan fingerprint density at radius 2 is 2.26 bits per heavy atom. The predicted octanol–water partition coefficient (Wildman–Crippen LogP) is 3.76. The Labute approximate surface area is 123 Å². The Morgan fingerprint density at radius 3 is 3.05 bits per heavy atom. The third-order valence-corrected chi connectivity index (χ3v) is 4.62. The second-order valence-corrected chi connectivity index (χ2v) is 6.53. The maximum atomic E-state index is 6.01. The van der Waals surface area contributed by atoms with E-state index in [9.17, 15) is 0 Å². The zero-order valence-electron chi connectivity index (χ0n) is 10.2. The molecule has 19 heavy (non-hydrogen) atoms. The van der Waals surface area contributed by atoms with Gasteiger partial charge in [-0.15, -0.1) is 10.2 Å². The van der Waals surface area contributed by atoms with Crippen LogP contribution >= 0.6 is 34.7 Å². The molecule has 0 spiro atoms. The van der Waals surface area contributed by atoms with E-state index in [4.69, 9.17) is 11.6 Å². The number of nitrogens with zero attached hydrogens (tertiary/aromatic N) is 4. The molecule has 0 saturated heterocycles. The van der Waals surface area contributed by atoms with Crippen LogP contribution in [-0.4, -0.2) is 25.6 Å². The fourth-order valence-corrected chi connectivity index (χ4v) is 3.29. The van der Waals surface area contributed by atoms with Gasteiger partial charge in [-0.2, -0.15) is 21.4 Å². The fraction of sp³-hybridized carbons (Fsp3) is 0.250. The van der Waals surface area contributed by atoms with Crippen LogP contribution in [0.25, 0.3) is 15.5 Å². The second-order valence-electron chi connectivity index (χ2n) is 3.87. The van der Waals surface area contributed by atoms with Crippen LogP contribution in [0.5, 0.6) is 0 Å². The minimum atomic E-state index is 0.713. The topological polar surface area (TPSA) is 43.1 Å². The summed E-state index contributed by atoms with van der Waals surface area (Å²) in [5.74, 6) is 2.78. The maximum Gasteiger partial charge on any atom is 0.235 e. The van der Waals surface area contributed by atoms with Crippen LogP contribution < -0.4 is 0 Å². The van der Waals surface area contributed by atoms with Crippen LogP contribution in [0, 0.1) is 0 Å². The quantitative estimate of drug-likeness (QED) is 0.736. The number of benzene rings is 1. The highest BCUT2D eigenvalue weighted by Gasteiger charge is 2.12. The first-order valence-electron chi connectivity index (χ1n) is 5.82. The lowest BCUT2D eigenvalue weighted by Crippen LogP contribution is -1.94. The molecule has 3 rings (SSSR count). The zero-order chi connectivity index (χ0) is 13.2. The van der Waals surface area contributed by atoms with E-state index >= 15 is 0 Å². The van der Waals surface area contributed by atoms with Crippen LogP contribution in [0.4, 0.5) is 0 Å². The summed E-state index contributed by atoms with van der Waals surface area (Å²) in [6.45, 7) is 2.13. The molecule has 4 nitrogen and oxygen atoms in total. The van der Waals surface area contributed by atoms with Gasteiger partial charge in [-0.3, -0.25) is 0 Å². The molecule has 2 aromatic heterocycles. The molecule has 0 bridgehead atoms. The van der Waals surface area contributed by atoms with Crippen molar-refractivity contribution in [3.05, 3.63) is 35.1 Å². The minimum Gasteiger partial charge on any atom is -0.186 e. The van der Waals surface area contributed by atoms with E-state index in [-0.39, 0.29) is 0 Å². The lowest BCUT2D eigenvalue weighted by Gasteiger charge is -1.96. The average molecular weight is 311 g/mol. The number of halogens is 1. The highest BCUT2D eigenvalue weighted by atomic mass is 35.5. The fourth-order valence-electron chi connectivity index (χ4n) is 1.68. The Hall–Kier alpha value is -1.11. The summed E-state index contributed by atoms with van der Waals surface area (Å²) in [7, 11) is 0. The number of hydrogen-bond donors (Lipinski definition) is 0. The van der Waals surface area contributed by atoms with Crippen LogP contribution in [0.3, 0.4) is 0 Å². The number of rotatable bonds is 4. The van der Waals surface area contributed by atoms with Crippen molar-refractivity contribution >= 4 is 39.7 Å². The van der Waals surface area contributed by atoms with E-state index in [1.54, 1.807) is 0 Å². The number of hydrogen-bond acceptors (Lipinski definition) is 5. The van der Waals surface area contributed by atoms with Crippen molar-refractivity contribution in [1.82, 2.24) is 19.8 Å². The summed E-state index contributed by atoms with van der Waals surface area (Å²) in [5, 5.41) is 14.5. The summed E-state index contributed by atoms with van der Waals surface area (Å²) in [4.78, 5) is 0.821. The molecule has 0 fully saturated rings. The molecule has 0 radical (unpaired) electrons. The van der Waals surface area contributed by atoms with E-state index in [1.807, 2.05) is 40.5 Å². The van der Waals surface area contributed by atoms with Gasteiger partial charge in [-0.05, 0) is 17.9 Å². The number of aromatic nitrogens is 4. The van der Waals surface area contributed by atoms with Crippen molar-refractivity contribution < 1.29 is 0 Å². The van der Waals surface area contributed by atoms with Crippen molar-refractivity contribution in [3.63, 3.8) is 0 Å². The number of thioether (sulfide) groups is 1. The summed E-state index contributed by atoms with van der Waals surface area (Å²) in [6, 6.07) is 7.69. The first-order chi connectivity index (χ1) is 9.28. The van der Waals surface area contributed by atoms with Gasteiger partial charge in [0.15, 0.2) is 5.82 Å². The molecule has 0 saturated carbocycles. The normalized spacial score (nSPS) is 11.3. The molecule has 0 aliphatic heterocycles. The van der Waals surface area contributed by atoms with Crippen molar-refractivity contribution in [1.29, 1.82) is 0 Å². The van der Waals surface area contributed by atoms with Crippen LogP contribution in [0.2, 0.25) is 5.02 Å². The average Bonchev–Trinajstić information content (AvgIpc) is 2.97. The van der Waals surface area contributed by atoms with Crippen LogP contribution in [-0.2, 0) is 5.75 Å². The summed E-state index contributed by atoms with van der Waals surface area (Å²) in [6.07, 6.45) is 0. The highest BCUT2D eigenvalue weighted by molar-refractivity contribution is 7.98. The van der Waals surface area contributed by atoms with E-state index < -0.39 is 0 Å². The Bertz CT molecular complexity index is 707. The number of fused-ring (bicyclic) bond motifs is 1. The van der Waals surface area contributed by atoms with Gasteiger partial charge >= 0.3 is 0 Å². The van der Waals surface area contributed by atoms with Crippen LogP contribution in [0.15, 0.2) is 24.3 Å². The van der Waals surface area contributed by atoms with Gasteiger partial charge in [0, 0.05) is 10.6 Å². The standard InChI is InChI=1S/C12H11ClN4S2/c1-2-18-7-10-14-15-12-17(10)16-11(19-12)8-4-3-5-9(13)6-8/h3-6H,2,7H2,1H3. The Balaban J connectivity index is 2.00. The minimum absolute atomic E-state index is 0.713. The maximum absolute atomic E-state index is 6.01. The Kier molecular flexibility index (Phi) is 3.72. The van der Waals surface area contributed by atoms with Crippen molar-refractivity contribution in [2.24, 2.45) is 0 Å². The summed E-state index contributed by atoms with van der Waals surface area (Å²) >= 11 is 9.34. The molecule has 0 unspecified atom stereocenters. The van der Waals surface area contributed by atoms with E-state index in [0.717, 1.165) is 32.9 Å². The van der Waals surface area contributed by atoms with E-state index in [1.165, 1.54) is 11.3 Å². The second kappa shape index (κ2) is 5.48. The van der Waals surface area contributed by atoms with Gasteiger partial charge < -0.3 is 0 Å². The molecule has 0 aliphatic carbocycles. The van der Waals surface area contributed by atoms with E-state index in [2.05, 4.69) is 22.2 Å².